The highest BCUT2D eigenvalue weighted by atomic mass is 35.5. The molecule has 0 unspecified atom stereocenters. The molecule has 0 aromatic carbocycles. The van der Waals surface area contributed by atoms with Crippen molar-refractivity contribution in [1.29, 1.82) is 0 Å². The zero-order valence-electron chi connectivity index (χ0n) is 13.0. The van der Waals surface area contributed by atoms with Crippen molar-refractivity contribution in [1.82, 2.24) is 19.4 Å². The third-order valence-electron chi connectivity index (χ3n) is 3.95. The normalized spacial score (nSPS) is 18.0. The highest BCUT2D eigenvalue weighted by molar-refractivity contribution is 6.33. The van der Waals surface area contributed by atoms with Crippen LogP contribution in [0.1, 0.15) is 36.3 Å². The van der Waals surface area contributed by atoms with Crippen LogP contribution >= 0.6 is 11.6 Å². The number of aromatic nitrogens is 3. The molecule has 7 heteroatoms. The summed E-state index contributed by atoms with van der Waals surface area (Å²) in [6.07, 6.45) is 7.45. The fourth-order valence-corrected chi connectivity index (χ4v) is 3.01. The predicted octanol–water partition coefficient (Wildman–Crippen LogP) is 2.81. The van der Waals surface area contributed by atoms with Gasteiger partial charge in [0.15, 0.2) is 5.69 Å². The molecule has 2 aromatic heterocycles. The molecule has 1 aliphatic rings. The van der Waals surface area contributed by atoms with Crippen LogP contribution in [0.5, 0.6) is 5.88 Å². The SMILES string of the molecule is CCOc1ccc(Cl)c(C(=O)N2CCC[C@@H](n3ccnc3)C2)n1. The molecular formula is C16H19ClN4O2. The Morgan fingerprint density at radius 3 is 3.09 bits per heavy atom. The van der Waals surface area contributed by atoms with E-state index in [1.807, 2.05) is 17.7 Å². The lowest BCUT2D eigenvalue weighted by molar-refractivity contribution is 0.0672. The zero-order valence-corrected chi connectivity index (χ0v) is 13.7. The summed E-state index contributed by atoms with van der Waals surface area (Å²) in [7, 11) is 0. The molecular weight excluding hydrogens is 316 g/mol. The number of imidazole rings is 1. The van der Waals surface area contributed by atoms with Crippen molar-refractivity contribution >= 4 is 17.5 Å². The Kier molecular flexibility index (Phi) is 4.81. The molecule has 1 fully saturated rings. The van der Waals surface area contributed by atoms with Gasteiger partial charge in [-0.25, -0.2) is 9.97 Å². The van der Waals surface area contributed by atoms with Gasteiger partial charge < -0.3 is 14.2 Å². The summed E-state index contributed by atoms with van der Waals surface area (Å²) in [4.78, 5) is 22.9. The van der Waals surface area contributed by atoms with Gasteiger partial charge in [0.1, 0.15) is 0 Å². The molecule has 0 spiro atoms. The maximum atomic E-state index is 12.8. The fourth-order valence-electron chi connectivity index (χ4n) is 2.82. The molecule has 1 saturated heterocycles. The van der Waals surface area contributed by atoms with Gasteiger partial charge in [-0.1, -0.05) is 11.6 Å². The van der Waals surface area contributed by atoms with E-state index in [1.165, 1.54) is 0 Å². The third kappa shape index (κ3) is 3.47. The van der Waals surface area contributed by atoms with Gasteiger partial charge in [-0.15, -0.1) is 0 Å². The molecule has 1 aliphatic heterocycles. The maximum absolute atomic E-state index is 12.8. The summed E-state index contributed by atoms with van der Waals surface area (Å²) in [5.41, 5.74) is 0.254. The van der Waals surface area contributed by atoms with Crippen LogP contribution in [0.2, 0.25) is 5.02 Å². The molecule has 0 aliphatic carbocycles. The first-order valence-electron chi connectivity index (χ1n) is 7.75. The number of nitrogens with zero attached hydrogens (tertiary/aromatic N) is 4. The molecule has 23 heavy (non-hydrogen) atoms. The van der Waals surface area contributed by atoms with Crippen molar-refractivity contribution in [2.45, 2.75) is 25.8 Å². The standard InChI is InChI=1S/C16H19ClN4O2/c1-2-23-14-6-5-13(17)15(19-14)16(22)20-8-3-4-12(10-20)21-9-7-18-11-21/h5-7,9,11-12H,2-4,8,10H2,1H3/t12-/m1/s1. The van der Waals surface area contributed by atoms with Crippen molar-refractivity contribution in [2.75, 3.05) is 19.7 Å². The summed E-state index contributed by atoms with van der Waals surface area (Å²) in [5.74, 6) is 0.268. The minimum Gasteiger partial charge on any atom is -0.478 e. The van der Waals surface area contributed by atoms with Crippen molar-refractivity contribution in [3.63, 3.8) is 0 Å². The summed E-state index contributed by atoms with van der Waals surface area (Å²) in [6.45, 7) is 3.71. The van der Waals surface area contributed by atoms with Gasteiger partial charge in [0.2, 0.25) is 5.88 Å². The third-order valence-corrected chi connectivity index (χ3v) is 4.25. The first-order valence-corrected chi connectivity index (χ1v) is 8.13. The molecule has 0 bridgehead atoms. The smallest absolute Gasteiger partial charge is 0.274 e. The highest BCUT2D eigenvalue weighted by Crippen LogP contribution is 2.25. The molecule has 3 rings (SSSR count). The average Bonchev–Trinajstić information content (AvgIpc) is 3.11. The summed E-state index contributed by atoms with van der Waals surface area (Å²) in [5, 5.41) is 0.350. The van der Waals surface area contributed by atoms with E-state index in [1.54, 1.807) is 29.6 Å². The second kappa shape index (κ2) is 7.00. The van der Waals surface area contributed by atoms with Crippen LogP contribution in [0.25, 0.3) is 0 Å². The first-order chi connectivity index (χ1) is 11.2. The quantitative estimate of drug-likeness (QED) is 0.862. The van der Waals surface area contributed by atoms with Crippen LogP contribution in [0.15, 0.2) is 30.9 Å². The minimum absolute atomic E-state index is 0.152. The molecule has 6 nitrogen and oxygen atoms in total. The van der Waals surface area contributed by atoms with Gasteiger partial charge in [-0.2, -0.15) is 0 Å². The van der Waals surface area contributed by atoms with E-state index >= 15 is 0 Å². The van der Waals surface area contributed by atoms with Crippen LogP contribution in [-0.2, 0) is 0 Å². The maximum Gasteiger partial charge on any atom is 0.274 e. The van der Waals surface area contributed by atoms with Crippen molar-refractivity contribution in [3.8, 4) is 5.88 Å². The molecule has 2 aromatic rings. The second-order valence-corrected chi connectivity index (χ2v) is 5.88. The van der Waals surface area contributed by atoms with Gasteiger partial charge in [0.05, 0.1) is 24.0 Å². The van der Waals surface area contributed by atoms with Gasteiger partial charge in [-0.05, 0) is 25.8 Å². The van der Waals surface area contributed by atoms with Crippen LogP contribution in [0.3, 0.4) is 0 Å². The lowest BCUT2D eigenvalue weighted by Gasteiger charge is -2.33. The number of amides is 1. The fraction of sp³-hybridized carbons (Fsp3) is 0.438. The topological polar surface area (TPSA) is 60.2 Å². The van der Waals surface area contributed by atoms with Gasteiger partial charge in [-0.3, -0.25) is 4.79 Å². The molecule has 0 radical (unpaired) electrons. The molecule has 0 saturated carbocycles. The van der Waals surface area contributed by atoms with Crippen molar-refractivity contribution in [2.24, 2.45) is 0 Å². The monoisotopic (exact) mass is 334 g/mol. The van der Waals surface area contributed by atoms with Crippen LogP contribution in [0, 0.1) is 0 Å². The number of likely N-dealkylation sites (tertiary alicyclic amines) is 1. The van der Waals surface area contributed by atoms with Gasteiger partial charge in [0.25, 0.3) is 5.91 Å². The first kappa shape index (κ1) is 15.8. The summed E-state index contributed by atoms with van der Waals surface area (Å²) in [6, 6.07) is 3.57. The van der Waals surface area contributed by atoms with Crippen molar-refractivity contribution in [3.05, 3.63) is 41.6 Å². The molecule has 1 atom stereocenters. The van der Waals surface area contributed by atoms with E-state index in [4.69, 9.17) is 16.3 Å². The van der Waals surface area contributed by atoms with E-state index in [9.17, 15) is 4.79 Å². The van der Waals surface area contributed by atoms with E-state index in [2.05, 4.69) is 9.97 Å². The van der Waals surface area contributed by atoms with Crippen LogP contribution < -0.4 is 4.74 Å². The second-order valence-electron chi connectivity index (χ2n) is 5.47. The Morgan fingerprint density at radius 1 is 1.48 bits per heavy atom. The van der Waals surface area contributed by atoms with Crippen LogP contribution in [-0.4, -0.2) is 45.0 Å². The predicted molar refractivity (Wildman–Crippen MR) is 86.8 cm³/mol. The average molecular weight is 335 g/mol. The number of pyridine rings is 1. The van der Waals surface area contributed by atoms with E-state index in [0.717, 1.165) is 12.8 Å². The lowest BCUT2D eigenvalue weighted by atomic mass is 10.1. The molecule has 3 heterocycles. The summed E-state index contributed by atoms with van der Waals surface area (Å²) < 4.78 is 7.41. The molecule has 1 amide bonds. The Balaban J connectivity index is 1.78. The van der Waals surface area contributed by atoms with E-state index in [-0.39, 0.29) is 17.6 Å². The number of piperidine rings is 1. The van der Waals surface area contributed by atoms with Gasteiger partial charge in [0, 0.05) is 31.5 Å². The number of halogens is 1. The lowest BCUT2D eigenvalue weighted by Crippen LogP contribution is -2.41. The molecule has 122 valence electrons. The molecule has 0 N–H and O–H groups in total. The number of ether oxygens (including phenoxy) is 1. The Labute approximate surface area is 140 Å². The minimum atomic E-state index is -0.152. The van der Waals surface area contributed by atoms with E-state index in [0.29, 0.717) is 30.6 Å². The highest BCUT2D eigenvalue weighted by Gasteiger charge is 2.27. The Bertz CT molecular complexity index is 675. The number of carbonyl (C=O) groups is 1. The number of rotatable bonds is 4. The number of hydrogen-bond acceptors (Lipinski definition) is 4. The Morgan fingerprint density at radius 2 is 2.35 bits per heavy atom. The van der Waals surface area contributed by atoms with Crippen molar-refractivity contribution < 1.29 is 9.53 Å². The zero-order chi connectivity index (χ0) is 16.2. The Hall–Kier alpha value is -2.08. The van der Waals surface area contributed by atoms with Gasteiger partial charge >= 0.3 is 0 Å². The van der Waals surface area contributed by atoms with E-state index < -0.39 is 0 Å². The van der Waals surface area contributed by atoms with Crippen LogP contribution in [0.4, 0.5) is 0 Å². The number of hydrogen-bond donors (Lipinski definition) is 0. The summed E-state index contributed by atoms with van der Waals surface area (Å²) >= 11 is 6.17. The number of carbonyl (C=O) groups excluding carboxylic acids is 1. The largest absolute Gasteiger partial charge is 0.478 e.